The van der Waals surface area contributed by atoms with Gasteiger partial charge in [0.05, 0.1) is 5.57 Å². The molecule has 1 N–H and O–H groups in total. The van der Waals surface area contributed by atoms with Gasteiger partial charge in [-0.2, -0.15) is 28.3 Å². The van der Waals surface area contributed by atoms with E-state index >= 15 is 0 Å². The normalized spacial score (nSPS) is 18.6. The first-order valence-electron chi connectivity index (χ1n) is 8.17. The van der Waals surface area contributed by atoms with Crippen LogP contribution in [0.3, 0.4) is 0 Å². The molecule has 1 aromatic carbocycles. The van der Waals surface area contributed by atoms with Gasteiger partial charge in [0.2, 0.25) is 10.2 Å². The summed E-state index contributed by atoms with van der Waals surface area (Å²) in [6.45, 7) is 5.79. The number of fused-ring (bicyclic) bond motifs is 1. The summed E-state index contributed by atoms with van der Waals surface area (Å²) in [5, 5.41) is 10.8. The van der Waals surface area contributed by atoms with Gasteiger partial charge in [0.1, 0.15) is 0 Å². The van der Waals surface area contributed by atoms with Crippen LogP contribution in [0.15, 0.2) is 39.9 Å². The summed E-state index contributed by atoms with van der Waals surface area (Å²) < 4.78 is 38.5. The monoisotopic (exact) mass is 395 g/mol. The molecule has 2 aliphatic rings. The third-order valence-corrected chi connectivity index (χ3v) is 4.98. The number of carbonyl (C=O) groups is 1. The van der Waals surface area contributed by atoms with Crippen molar-refractivity contribution in [2.75, 3.05) is 18.0 Å². The van der Waals surface area contributed by atoms with Crippen molar-refractivity contribution < 1.29 is 18.0 Å². The molecule has 6 nitrogen and oxygen atoms in total. The summed E-state index contributed by atoms with van der Waals surface area (Å²) in [7, 11) is 0. The van der Waals surface area contributed by atoms with Gasteiger partial charge in [-0.15, -0.1) is 0 Å². The third-order valence-electron chi connectivity index (χ3n) is 4.03. The zero-order valence-electron chi connectivity index (χ0n) is 14.5. The van der Waals surface area contributed by atoms with Gasteiger partial charge in [-0.25, -0.2) is 0 Å². The van der Waals surface area contributed by atoms with E-state index in [9.17, 15) is 18.0 Å². The predicted molar refractivity (Wildman–Crippen MR) is 101 cm³/mol. The van der Waals surface area contributed by atoms with E-state index in [2.05, 4.69) is 15.0 Å². The average Bonchev–Trinajstić information content (AvgIpc) is 3.05. The summed E-state index contributed by atoms with van der Waals surface area (Å²) >= 11 is 0.234. The summed E-state index contributed by atoms with van der Waals surface area (Å²) in [5.74, 6) is -1.19. The molecule has 10 heteroatoms. The molecule has 0 saturated heterocycles. The molecule has 1 amide bonds. The number of hydrazone groups is 1. The molecule has 0 atom stereocenters. The summed E-state index contributed by atoms with van der Waals surface area (Å²) in [4.78, 5) is 18.0. The Hall–Kier alpha value is -2.62. The molecule has 142 valence electrons. The minimum Gasteiger partial charge on any atom is -0.372 e. The van der Waals surface area contributed by atoms with E-state index in [-0.39, 0.29) is 22.5 Å². The average molecular weight is 395 g/mol. The van der Waals surface area contributed by atoms with Crippen LogP contribution in [0.4, 0.5) is 18.9 Å². The van der Waals surface area contributed by atoms with Crippen molar-refractivity contribution in [3.05, 3.63) is 35.4 Å². The quantitative estimate of drug-likeness (QED) is 0.789. The Morgan fingerprint density at radius 2 is 1.85 bits per heavy atom. The number of thioether (sulfide) groups is 1. The molecule has 0 aliphatic carbocycles. The maximum Gasteiger partial charge on any atom is 0.441 e. The van der Waals surface area contributed by atoms with E-state index in [0.29, 0.717) is 5.56 Å². The predicted octanol–water partition coefficient (Wildman–Crippen LogP) is 3.71. The summed E-state index contributed by atoms with van der Waals surface area (Å²) in [5.41, 5.74) is 1.55. The zero-order chi connectivity index (χ0) is 19.8. The highest BCUT2D eigenvalue weighted by Crippen LogP contribution is 2.35. The molecular formula is C17H16F3N5OS. The molecule has 2 aliphatic heterocycles. The SMILES string of the molecule is CCN(CC)c1ccc(C=C2C(=N)N3N=C(C(F)(F)F)SC3=NC2=O)cc1. The van der Waals surface area contributed by atoms with E-state index in [1.165, 1.54) is 6.08 Å². The molecule has 0 spiro atoms. The maximum atomic E-state index is 12.8. The highest BCUT2D eigenvalue weighted by atomic mass is 32.2. The highest BCUT2D eigenvalue weighted by molar-refractivity contribution is 8.27. The number of hydrogen-bond donors (Lipinski definition) is 1. The van der Waals surface area contributed by atoms with Gasteiger partial charge in [0.25, 0.3) is 5.91 Å². The fourth-order valence-electron chi connectivity index (χ4n) is 2.64. The van der Waals surface area contributed by atoms with E-state index < -0.39 is 23.0 Å². The number of amides is 1. The first kappa shape index (κ1) is 19.2. The fourth-order valence-corrected chi connectivity index (χ4v) is 3.40. The first-order valence-corrected chi connectivity index (χ1v) is 8.98. The van der Waals surface area contributed by atoms with Crippen molar-refractivity contribution in [1.82, 2.24) is 5.01 Å². The smallest absolute Gasteiger partial charge is 0.372 e. The van der Waals surface area contributed by atoms with E-state index in [0.717, 1.165) is 23.8 Å². The molecule has 2 heterocycles. The number of aliphatic imine (C=N–C) groups is 1. The maximum absolute atomic E-state index is 12.8. The molecule has 27 heavy (non-hydrogen) atoms. The van der Waals surface area contributed by atoms with Crippen molar-refractivity contribution in [3.8, 4) is 0 Å². The Labute approximate surface area is 157 Å². The van der Waals surface area contributed by atoms with Crippen molar-refractivity contribution in [1.29, 1.82) is 5.41 Å². The van der Waals surface area contributed by atoms with Crippen LogP contribution in [0.2, 0.25) is 0 Å². The molecule has 0 aromatic heterocycles. The largest absolute Gasteiger partial charge is 0.441 e. The van der Waals surface area contributed by atoms with Gasteiger partial charge in [0, 0.05) is 18.8 Å². The molecule has 0 fully saturated rings. The van der Waals surface area contributed by atoms with Crippen LogP contribution in [0.25, 0.3) is 6.08 Å². The lowest BCUT2D eigenvalue weighted by molar-refractivity contribution is -0.114. The number of carbonyl (C=O) groups excluding carboxylic acids is 1. The number of halogens is 3. The number of benzene rings is 1. The van der Waals surface area contributed by atoms with Crippen LogP contribution < -0.4 is 4.90 Å². The molecule has 0 radical (unpaired) electrons. The zero-order valence-corrected chi connectivity index (χ0v) is 15.4. The standard InChI is InChI=1S/C17H16F3N5OS/c1-3-24(4-2)11-7-5-10(6-8-11)9-12-13(21)25-16(22-14(12)26)27-15(23-25)17(18,19)20/h5-9,21H,3-4H2,1-2H3. The number of nitrogens with zero attached hydrogens (tertiary/aromatic N) is 4. The second-order valence-corrected chi connectivity index (χ2v) is 6.64. The van der Waals surface area contributed by atoms with E-state index in [1.807, 2.05) is 26.0 Å². The Morgan fingerprint density at radius 3 is 2.41 bits per heavy atom. The Balaban J connectivity index is 1.89. The lowest BCUT2D eigenvalue weighted by Gasteiger charge is -2.21. The highest BCUT2D eigenvalue weighted by Gasteiger charge is 2.46. The molecule has 0 bridgehead atoms. The summed E-state index contributed by atoms with van der Waals surface area (Å²) in [6.07, 6.45) is -3.22. The van der Waals surface area contributed by atoms with Crippen LogP contribution in [-0.4, -0.2) is 46.2 Å². The lowest BCUT2D eigenvalue weighted by Crippen LogP contribution is -2.35. The minimum absolute atomic E-state index is 0.109. The molecule has 3 rings (SSSR count). The molecule has 0 saturated carbocycles. The van der Waals surface area contributed by atoms with Crippen LogP contribution in [0, 0.1) is 5.41 Å². The first-order chi connectivity index (χ1) is 12.7. The van der Waals surface area contributed by atoms with E-state index in [4.69, 9.17) is 5.41 Å². The minimum atomic E-state index is -4.65. The number of anilines is 1. The van der Waals surface area contributed by atoms with Gasteiger partial charge in [-0.05, 0) is 49.4 Å². The summed E-state index contributed by atoms with van der Waals surface area (Å²) in [6, 6.07) is 7.33. The van der Waals surface area contributed by atoms with Crippen molar-refractivity contribution in [3.63, 3.8) is 0 Å². The number of nitrogens with one attached hydrogen (secondary N) is 1. The van der Waals surface area contributed by atoms with Gasteiger partial charge in [-0.3, -0.25) is 10.2 Å². The number of amidine groups is 2. The van der Waals surface area contributed by atoms with Crippen molar-refractivity contribution in [2.45, 2.75) is 20.0 Å². The van der Waals surface area contributed by atoms with E-state index in [1.54, 1.807) is 12.1 Å². The molecule has 1 aromatic rings. The van der Waals surface area contributed by atoms with Crippen molar-refractivity contribution >= 4 is 45.5 Å². The fraction of sp³-hybridized carbons (Fsp3) is 0.294. The Morgan fingerprint density at radius 1 is 1.22 bits per heavy atom. The Kier molecular flexibility index (Phi) is 5.09. The second-order valence-electron chi connectivity index (χ2n) is 5.69. The van der Waals surface area contributed by atoms with Gasteiger partial charge in [0.15, 0.2) is 5.84 Å². The number of rotatable bonds is 4. The van der Waals surface area contributed by atoms with Crippen LogP contribution in [-0.2, 0) is 4.79 Å². The molecular weight excluding hydrogens is 379 g/mol. The number of hydrogen-bond acceptors (Lipinski definition) is 5. The Bertz CT molecular complexity index is 870. The van der Waals surface area contributed by atoms with Crippen LogP contribution >= 0.6 is 11.8 Å². The van der Waals surface area contributed by atoms with Gasteiger partial charge in [-0.1, -0.05) is 12.1 Å². The second kappa shape index (κ2) is 7.18. The van der Waals surface area contributed by atoms with Crippen LogP contribution in [0.1, 0.15) is 19.4 Å². The van der Waals surface area contributed by atoms with Gasteiger partial charge < -0.3 is 4.90 Å². The third kappa shape index (κ3) is 3.75. The van der Waals surface area contributed by atoms with Crippen molar-refractivity contribution in [2.24, 2.45) is 10.1 Å². The van der Waals surface area contributed by atoms with Crippen LogP contribution in [0.5, 0.6) is 0 Å². The van der Waals surface area contributed by atoms with Gasteiger partial charge >= 0.3 is 6.18 Å². The topological polar surface area (TPSA) is 72.1 Å². The molecule has 0 unspecified atom stereocenters. The number of alkyl halides is 3. The lowest BCUT2D eigenvalue weighted by atomic mass is 10.1.